The Kier molecular flexibility index (Phi) is 3.48. The Labute approximate surface area is 82.5 Å². The summed E-state index contributed by atoms with van der Waals surface area (Å²) in [6.07, 6.45) is 0. The average molecular weight is 195 g/mol. The number of methoxy groups -OCH3 is 1. The van der Waals surface area contributed by atoms with E-state index in [4.69, 9.17) is 9.84 Å². The number of carbonyl (C=O) groups is 1. The molecule has 1 rings (SSSR count). The minimum atomic E-state index is -0.972. The van der Waals surface area contributed by atoms with Gasteiger partial charge in [-0.1, -0.05) is 6.07 Å². The Morgan fingerprint density at radius 1 is 1.57 bits per heavy atom. The lowest BCUT2D eigenvalue weighted by Crippen LogP contribution is -2.07. The first kappa shape index (κ1) is 10.5. The Bertz CT molecular complexity index is 336. The van der Waals surface area contributed by atoms with Crippen LogP contribution in [-0.2, 0) is 6.54 Å². The molecule has 0 heterocycles. The van der Waals surface area contributed by atoms with Crippen LogP contribution in [-0.4, -0.2) is 25.2 Å². The summed E-state index contributed by atoms with van der Waals surface area (Å²) >= 11 is 0. The van der Waals surface area contributed by atoms with E-state index in [0.717, 1.165) is 5.56 Å². The van der Waals surface area contributed by atoms with E-state index >= 15 is 0 Å². The maximum Gasteiger partial charge on any atom is 0.339 e. The van der Waals surface area contributed by atoms with Gasteiger partial charge in [-0.25, -0.2) is 4.79 Å². The number of nitrogens with one attached hydrogen (secondary N) is 1. The van der Waals surface area contributed by atoms with E-state index in [0.29, 0.717) is 12.3 Å². The predicted molar refractivity (Wildman–Crippen MR) is 52.7 cm³/mol. The van der Waals surface area contributed by atoms with Gasteiger partial charge in [-0.05, 0) is 24.7 Å². The van der Waals surface area contributed by atoms with Crippen LogP contribution in [0.3, 0.4) is 0 Å². The molecule has 1 aromatic carbocycles. The van der Waals surface area contributed by atoms with Gasteiger partial charge < -0.3 is 15.2 Å². The van der Waals surface area contributed by atoms with Gasteiger partial charge in [-0.15, -0.1) is 0 Å². The molecule has 0 spiro atoms. The van der Waals surface area contributed by atoms with Crippen LogP contribution in [0.25, 0.3) is 0 Å². The highest BCUT2D eigenvalue weighted by molar-refractivity contribution is 5.91. The Balaban J connectivity index is 3.07. The van der Waals surface area contributed by atoms with Crippen LogP contribution < -0.4 is 10.1 Å². The van der Waals surface area contributed by atoms with Gasteiger partial charge >= 0.3 is 5.97 Å². The standard InChI is InChI=1S/C10H13NO3/c1-11-6-7-3-4-9(14-2)8(5-7)10(12)13/h3-5,11H,6H2,1-2H3,(H,12,13). The van der Waals surface area contributed by atoms with Crippen molar-refractivity contribution in [3.63, 3.8) is 0 Å². The van der Waals surface area contributed by atoms with E-state index < -0.39 is 5.97 Å². The molecule has 76 valence electrons. The molecule has 1 aromatic rings. The first-order valence-electron chi connectivity index (χ1n) is 4.24. The van der Waals surface area contributed by atoms with Crippen molar-refractivity contribution in [2.75, 3.05) is 14.2 Å². The second-order valence-corrected chi connectivity index (χ2v) is 2.87. The molecule has 0 aromatic heterocycles. The SMILES string of the molecule is CNCc1ccc(OC)c(C(=O)O)c1. The Morgan fingerprint density at radius 2 is 2.29 bits per heavy atom. The third-order valence-corrected chi connectivity index (χ3v) is 1.88. The monoisotopic (exact) mass is 195 g/mol. The molecule has 0 atom stereocenters. The molecule has 0 unspecified atom stereocenters. The van der Waals surface area contributed by atoms with Gasteiger partial charge in [-0.3, -0.25) is 0 Å². The highest BCUT2D eigenvalue weighted by Gasteiger charge is 2.10. The Hall–Kier alpha value is -1.55. The largest absolute Gasteiger partial charge is 0.496 e. The molecule has 0 amide bonds. The van der Waals surface area contributed by atoms with Crippen molar-refractivity contribution in [3.05, 3.63) is 29.3 Å². The molecule has 0 radical (unpaired) electrons. The molecule has 4 heteroatoms. The maximum atomic E-state index is 10.8. The fourth-order valence-corrected chi connectivity index (χ4v) is 1.24. The topological polar surface area (TPSA) is 58.6 Å². The predicted octanol–water partition coefficient (Wildman–Crippen LogP) is 1.11. The lowest BCUT2D eigenvalue weighted by atomic mass is 10.1. The van der Waals surface area contributed by atoms with Crippen molar-refractivity contribution in [1.29, 1.82) is 0 Å². The van der Waals surface area contributed by atoms with Gasteiger partial charge in [0.05, 0.1) is 7.11 Å². The van der Waals surface area contributed by atoms with E-state index in [1.54, 1.807) is 12.1 Å². The smallest absolute Gasteiger partial charge is 0.339 e. The number of carboxylic acid groups (broad SMARTS) is 1. The quantitative estimate of drug-likeness (QED) is 0.755. The first-order valence-corrected chi connectivity index (χ1v) is 4.24. The summed E-state index contributed by atoms with van der Waals surface area (Å²) in [5.41, 5.74) is 1.12. The van der Waals surface area contributed by atoms with Gasteiger partial charge in [-0.2, -0.15) is 0 Å². The highest BCUT2D eigenvalue weighted by atomic mass is 16.5. The molecular formula is C10H13NO3. The van der Waals surface area contributed by atoms with Gasteiger partial charge in [0.25, 0.3) is 0 Å². The van der Waals surface area contributed by atoms with Crippen LogP contribution in [0.1, 0.15) is 15.9 Å². The molecule has 0 aliphatic carbocycles. The lowest BCUT2D eigenvalue weighted by Gasteiger charge is -2.06. The zero-order valence-electron chi connectivity index (χ0n) is 8.20. The summed E-state index contributed by atoms with van der Waals surface area (Å²) in [7, 11) is 3.27. The van der Waals surface area contributed by atoms with E-state index in [-0.39, 0.29) is 5.56 Å². The van der Waals surface area contributed by atoms with Crippen molar-refractivity contribution >= 4 is 5.97 Å². The number of hydrogen-bond acceptors (Lipinski definition) is 3. The van der Waals surface area contributed by atoms with Gasteiger partial charge in [0.2, 0.25) is 0 Å². The molecular weight excluding hydrogens is 182 g/mol. The third-order valence-electron chi connectivity index (χ3n) is 1.88. The van der Waals surface area contributed by atoms with E-state index in [9.17, 15) is 4.79 Å². The summed E-state index contributed by atoms with van der Waals surface area (Å²) in [6, 6.07) is 5.11. The summed E-state index contributed by atoms with van der Waals surface area (Å²) in [4.78, 5) is 10.8. The molecule has 0 aliphatic heterocycles. The number of aromatic carboxylic acids is 1. The van der Waals surface area contributed by atoms with Crippen molar-refractivity contribution < 1.29 is 14.6 Å². The zero-order chi connectivity index (χ0) is 10.6. The van der Waals surface area contributed by atoms with Crippen LogP contribution >= 0.6 is 0 Å². The molecule has 2 N–H and O–H groups in total. The number of rotatable bonds is 4. The first-order chi connectivity index (χ1) is 6.69. The molecule has 0 aliphatic rings. The lowest BCUT2D eigenvalue weighted by molar-refractivity contribution is 0.0693. The van der Waals surface area contributed by atoms with E-state index in [1.165, 1.54) is 7.11 Å². The second kappa shape index (κ2) is 4.62. The highest BCUT2D eigenvalue weighted by Crippen LogP contribution is 2.19. The van der Waals surface area contributed by atoms with E-state index in [2.05, 4.69) is 5.32 Å². The van der Waals surface area contributed by atoms with Crippen molar-refractivity contribution in [3.8, 4) is 5.75 Å². The third kappa shape index (κ3) is 2.23. The molecule has 0 fully saturated rings. The summed E-state index contributed by atoms with van der Waals surface area (Å²) < 4.78 is 4.94. The van der Waals surface area contributed by atoms with Crippen molar-refractivity contribution in [2.24, 2.45) is 0 Å². The zero-order valence-corrected chi connectivity index (χ0v) is 8.20. The number of benzene rings is 1. The Morgan fingerprint density at radius 3 is 2.79 bits per heavy atom. The summed E-state index contributed by atoms with van der Waals surface area (Å²) in [6.45, 7) is 0.643. The number of carboxylic acids is 1. The minimum Gasteiger partial charge on any atom is -0.496 e. The number of ether oxygens (including phenoxy) is 1. The van der Waals surface area contributed by atoms with Crippen LogP contribution in [0.15, 0.2) is 18.2 Å². The van der Waals surface area contributed by atoms with Crippen LogP contribution in [0, 0.1) is 0 Å². The van der Waals surface area contributed by atoms with Crippen LogP contribution in [0.5, 0.6) is 5.75 Å². The summed E-state index contributed by atoms with van der Waals surface area (Å²) in [5, 5.41) is 11.8. The van der Waals surface area contributed by atoms with Crippen LogP contribution in [0.4, 0.5) is 0 Å². The average Bonchev–Trinajstić information content (AvgIpc) is 2.18. The molecule has 4 nitrogen and oxygen atoms in total. The fraction of sp³-hybridized carbons (Fsp3) is 0.300. The fourth-order valence-electron chi connectivity index (χ4n) is 1.24. The van der Waals surface area contributed by atoms with Gasteiger partial charge in [0.1, 0.15) is 11.3 Å². The van der Waals surface area contributed by atoms with Crippen molar-refractivity contribution in [1.82, 2.24) is 5.32 Å². The minimum absolute atomic E-state index is 0.195. The second-order valence-electron chi connectivity index (χ2n) is 2.87. The molecule has 0 bridgehead atoms. The van der Waals surface area contributed by atoms with Crippen LogP contribution in [0.2, 0.25) is 0 Å². The molecule has 14 heavy (non-hydrogen) atoms. The number of hydrogen-bond donors (Lipinski definition) is 2. The summed E-state index contributed by atoms with van der Waals surface area (Å²) in [5.74, 6) is -0.586. The van der Waals surface area contributed by atoms with Gasteiger partial charge in [0, 0.05) is 6.54 Å². The molecule has 0 saturated carbocycles. The molecule has 0 saturated heterocycles. The van der Waals surface area contributed by atoms with E-state index in [1.807, 2.05) is 13.1 Å². The van der Waals surface area contributed by atoms with Gasteiger partial charge in [0.15, 0.2) is 0 Å². The normalized spacial score (nSPS) is 9.86. The maximum absolute atomic E-state index is 10.8. The van der Waals surface area contributed by atoms with Crippen molar-refractivity contribution in [2.45, 2.75) is 6.54 Å².